The van der Waals surface area contributed by atoms with E-state index in [2.05, 4.69) is 0 Å². The predicted octanol–water partition coefficient (Wildman–Crippen LogP) is 9.27. The monoisotopic (exact) mass is 560 g/mol. The molecule has 212 valence electrons. The summed E-state index contributed by atoms with van der Waals surface area (Å²) in [5.41, 5.74) is 0.176. The van der Waals surface area contributed by atoms with Crippen molar-refractivity contribution in [2.75, 3.05) is 0 Å². The van der Waals surface area contributed by atoms with Crippen LogP contribution in [0.4, 0.5) is 26.3 Å². The second-order valence-corrected chi connectivity index (χ2v) is 9.97. The van der Waals surface area contributed by atoms with Crippen LogP contribution in [-0.2, 0) is 17.6 Å². The molecule has 0 aliphatic heterocycles. The largest absolute Gasteiger partial charge is 0.423 e. The molecule has 1 aliphatic rings. The van der Waals surface area contributed by atoms with Crippen molar-refractivity contribution in [3.8, 4) is 16.9 Å². The first kappa shape index (κ1) is 29.4. The maximum atomic E-state index is 14.8. The molecule has 0 amide bonds. The molecule has 8 heteroatoms. The van der Waals surface area contributed by atoms with Crippen molar-refractivity contribution in [3.63, 3.8) is 0 Å². The standard InChI is InChI=1S/C32H30F6O2/c1-3-5-6-7-20-13-14-22(28(35)27(20)34)19-8-10-21(11-9-19)32(39)40-25-17-16-24(30(37)31(25)38)23-15-12-18(4-2)26(33)29(23)36/h8,12-17,21H,3-7,9-11H2,1-2H3. The number of ether oxygens (including phenoxy) is 1. The van der Waals surface area contributed by atoms with Crippen molar-refractivity contribution in [1.82, 2.24) is 0 Å². The Kier molecular flexibility index (Phi) is 9.38. The number of carbonyl (C=O) groups is 1. The third-order valence-corrected chi connectivity index (χ3v) is 7.39. The number of rotatable bonds is 9. The molecule has 0 fully saturated rings. The lowest BCUT2D eigenvalue weighted by molar-refractivity contribution is -0.139. The van der Waals surface area contributed by atoms with E-state index in [1.807, 2.05) is 6.92 Å². The second kappa shape index (κ2) is 12.7. The number of carbonyl (C=O) groups excluding carboxylic acids is 1. The molecule has 0 saturated heterocycles. The first-order chi connectivity index (χ1) is 19.2. The van der Waals surface area contributed by atoms with E-state index in [4.69, 9.17) is 4.74 Å². The summed E-state index contributed by atoms with van der Waals surface area (Å²) in [5, 5.41) is 0. The zero-order chi connectivity index (χ0) is 29.0. The zero-order valence-electron chi connectivity index (χ0n) is 22.4. The summed E-state index contributed by atoms with van der Waals surface area (Å²) in [7, 11) is 0. The fourth-order valence-electron chi connectivity index (χ4n) is 4.97. The van der Waals surface area contributed by atoms with E-state index in [0.29, 0.717) is 17.6 Å². The average molecular weight is 561 g/mol. The van der Waals surface area contributed by atoms with Crippen LogP contribution in [0.5, 0.6) is 5.75 Å². The highest BCUT2D eigenvalue weighted by Crippen LogP contribution is 2.36. The average Bonchev–Trinajstić information content (AvgIpc) is 2.96. The van der Waals surface area contributed by atoms with Crippen molar-refractivity contribution in [2.45, 2.75) is 65.2 Å². The van der Waals surface area contributed by atoms with Gasteiger partial charge in [-0.15, -0.1) is 0 Å². The Morgan fingerprint density at radius 2 is 1.35 bits per heavy atom. The Hall–Kier alpha value is -3.55. The number of halogens is 6. The van der Waals surface area contributed by atoms with Crippen LogP contribution in [0.15, 0.2) is 42.5 Å². The molecule has 0 N–H and O–H groups in total. The normalized spacial score (nSPS) is 15.2. The number of hydrogen-bond acceptors (Lipinski definition) is 2. The van der Waals surface area contributed by atoms with Gasteiger partial charge in [0.2, 0.25) is 5.82 Å². The second-order valence-electron chi connectivity index (χ2n) is 9.97. The van der Waals surface area contributed by atoms with Crippen LogP contribution in [0.1, 0.15) is 69.1 Å². The van der Waals surface area contributed by atoms with Crippen LogP contribution < -0.4 is 4.74 Å². The first-order valence-corrected chi connectivity index (χ1v) is 13.5. The minimum absolute atomic E-state index is 0.102. The Labute approximate surface area is 229 Å². The molecule has 0 aromatic heterocycles. The van der Waals surface area contributed by atoms with Gasteiger partial charge in [0.15, 0.2) is 34.8 Å². The molecule has 0 radical (unpaired) electrons. The molecular formula is C32H30F6O2. The van der Waals surface area contributed by atoms with Gasteiger partial charge in [-0.3, -0.25) is 4.79 Å². The molecule has 2 nitrogen and oxygen atoms in total. The van der Waals surface area contributed by atoms with Crippen molar-refractivity contribution in [3.05, 3.63) is 94.1 Å². The highest BCUT2D eigenvalue weighted by molar-refractivity contribution is 5.78. The van der Waals surface area contributed by atoms with E-state index < -0.39 is 63.7 Å². The summed E-state index contributed by atoms with van der Waals surface area (Å²) in [6.45, 7) is 3.66. The Morgan fingerprint density at radius 3 is 2.00 bits per heavy atom. The summed E-state index contributed by atoms with van der Waals surface area (Å²) in [4.78, 5) is 12.7. The van der Waals surface area contributed by atoms with Gasteiger partial charge in [-0.1, -0.05) is 57.0 Å². The summed E-state index contributed by atoms with van der Waals surface area (Å²) in [6, 6.07) is 7.61. The van der Waals surface area contributed by atoms with Crippen LogP contribution in [0, 0.1) is 40.8 Å². The SMILES string of the molecule is CCCCCc1ccc(C2=CCC(C(=O)Oc3ccc(-c4ccc(CC)c(F)c4F)c(F)c3F)CC2)c(F)c1F. The lowest BCUT2D eigenvalue weighted by Gasteiger charge is -2.22. The van der Waals surface area contributed by atoms with Gasteiger partial charge in [-0.05, 0) is 67.4 Å². The fourth-order valence-corrected chi connectivity index (χ4v) is 4.97. The molecule has 4 rings (SSSR count). The molecule has 3 aromatic carbocycles. The molecular weight excluding hydrogens is 530 g/mol. The van der Waals surface area contributed by atoms with Crippen LogP contribution >= 0.6 is 0 Å². The van der Waals surface area contributed by atoms with E-state index in [-0.39, 0.29) is 36.8 Å². The molecule has 0 spiro atoms. The number of hydrogen-bond donors (Lipinski definition) is 0. The van der Waals surface area contributed by atoms with E-state index in [9.17, 15) is 31.1 Å². The van der Waals surface area contributed by atoms with Gasteiger partial charge in [0.05, 0.1) is 5.92 Å². The Balaban J connectivity index is 1.46. The summed E-state index contributed by atoms with van der Waals surface area (Å²) < 4.78 is 92.8. The van der Waals surface area contributed by atoms with E-state index in [1.54, 1.807) is 25.1 Å². The minimum Gasteiger partial charge on any atom is -0.423 e. The summed E-state index contributed by atoms with van der Waals surface area (Å²) in [6.07, 6.45) is 5.62. The van der Waals surface area contributed by atoms with Gasteiger partial charge in [-0.25, -0.2) is 22.0 Å². The number of allylic oxidation sites excluding steroid dienone is 2. The predicted molar refractivity (Wildman–Crippen MR) is 142 cm³/mol. The zero-order valence-corrected chi connectivity index (χ0v) is 22.4. The molecule has 40 heavy (non-hydrogen) atoms. The van der Waals surface area contributed by atoms with Crippen molar-refractivity contribution in [2.24, 2.45) is 5.92 Å². The quantitative estimate of drug-likeness (QED) is 0.113. The third-order valence-electron chi connectivity index (χ3n) is 7.39. The highest BCUT2D eigenvalue weighted by Gasteiger charge is 2.28. The van der Waals surface area contributed by atoms with Crippen molar-refractivity contribution in [1.29, 1.82) is 0 Å². The molecule has 1 aliphatic carbocycles. The van der Waals surface area contributed by atoms with Crippen LogP contribution in [0.3, 0.4) is 0 Å². The lowest BCUT2D eigenvalue weighted by atomic mass is 9.86. The number of benzene rings is 3. The van der Waals surface area contributed by atoms with Crippen molar-refractivity contribution >= 4 is 11.5 Å². The molecule has 1 atom stereocenters. The van der Waals surface area contributed by atoms with Crippen LogP contribution in [0.2, 0.25) is 0 Å². The van der Waals surface area contributed by atoms with Gasteiger partial charge in [0, 0.05) is 16.7 Å². The summed E-state index contributed by atoms with van der Waals surface area (Å²) >= 11 is 0. The minimum atomic E-state index is -1.51. The maximum Gasteiger partial charge on any atom is 0.314 e. The smallest absolute Gasteiger partial charge is 0.314 e. The van der Waals surface area contributed by atoms with E-state index in [0.717, 1.165) is 31.4 Å². The van der Waals surface area contributed by atoms with Gasteiger partial charge in [-0.2, -0.15) is 4.39 Å². The van der Waals surface area contributed by atoms with Gasteiger partial charge in [0.1, 0.15) is 0 Å². The summed E-state index contributed by atoms with van der Waals surface area (Å²) in [5.74, 6) is -9.40. The number of aryl methyl sites for hydroxylation is 2. The Bertz CT molecular complexity index is 1450. The third kappa shape index (κ3) is 5.96. The molecule has 0 saturated carbocycles. The van der Waals surface area contributed by atoms with E-state index >= 15 is 0 Å². The lowest BCUT2D eigenvalue weighted by Crippen LogP contribution is -2.23. The van der Waals surface area contributed by atoms with E-state index in [1.165, 1.54) is 12.1 Å². The highest BCUT2D eigenvalue weighted by atomic mass is 19.2. The Morgan fingerprint density at radius 1 is 0.750 bits per heavy atom. The van der Waals surface area contributed by atoms with Crippen LogP contribution in [0.25, 0.3) is 16.7 Å². The molecule has 0 heterocycles. The van der Waals surface area contributed by atoms with Gasteiger partial charge >= 0.3 is 5.97 Å². The first-order valence-electron chi connectivity index (χ1n) is 13.5. The number of unbranched alkanes of at least 4 members (excludes halogenated alkanes) is 2. The van der Waals surface area contributed by atoms with Crippen molar-refractivity contribution < 1.29 is 35.9 Å². The molecule has 0 bridgehead atoms. The molecule has 3 aromatic rings. The fraction of sp³-hybridized carbons (Fsp3) is 0.344. The maximum absolute atomic E-state index is 14.8. The van der Waals surface area contributed by atoms with Gasteiger partial charge in [0.25, 0.3) is 0 Å². The topological polar surface area (TPSA) is 26.3 Å². The van der Waals surface area contributed by atoms with Gasteiger partial charge < -0.3 is 4.74 Å². The molecule has 1 unspecified atom stereocenters. The van der Waals surface area contributed by atoms with Crippen LogP contribution in [-0.4, -0.2) is 5.97 Å². The number of esters is 1.